The van der Waals surface area contributed by atoms with Gasteiger partial charge in [-0.3, -0.25) is 10.1 Å². The molecule has 1 aromatic carbocycles. The van der Waals surface area contributed by atoms with Crippen LogP contribution < -0.4 is 5.44 Å². The van der Waals surface area contributed by atoms with Crippen molar-refractivity contribution in [2.45, 2.75) is 13.8 Å². The zero-order chi connectivity index (χ0) is 22.0. The van der Waals surface area contributed by atoms with Crippen molar-refractivity contribution in [3.63, 3.8) is 0 Å². The van der Waals surface area contributed by atoms with Gasteiger partial charge in [-0.2, -0.15) is 0 Å². The lowest BCUT2D eigenvalue weighted by molar-refractivity contribution is -0.384. The molecule has 10 heteroatoms. The van der Waals surface area contributed by atoms with Crippen LogP contribution in [0, 0.1) is 24.0 Å². The highest BCUT2D eigenvalue weighted by atomic mass is 31.2. The molecule has 1 aromatic heterocycles. The molecule has 0 aliphatic carbocycles. The molecule has 2 fully saturated rings. The lowest BCUT2D eigenvalue weighted by Crippen LogP contribution is -2.47. The summed E-state index contributed by atoms with van der Waals surface area (Å²) in [5.41, 5.74) is 3.99. The van der Waals surface area contributed by atoms with Gasteiger partial charge in [0.1, 0.15) is 7.36 Å². The molecule has 0 atom stereocenters. The van der Waals surface area contributed by atoms with E-state index in [0.29, 0.717) is 32.1 Å². The van der Waals surface area contributed by atoms with Gasteiger partial charge < -0.3 is 14.0 Å². The lowest BCUT2D eigenvalue weighted by atomic mass is 10.2. The molecule has 31 heavy (non-hydrogen) atoms. The molecule has 2 aliphatic rings. The van der Waals surface area contributed by atoms with E-state index in [0.717, 1.165) is 42.9 Å². The molecule has 4 rings (SSSR count). The zero-order valence-corrected chi connectivity index (χ0v) is 19.3. The Balaban J connectivity index is 2.01. The van der Waals surface area contributed by atoms with Crippen molar-refractivity contribution in [2.75, 3.05) is 52.6 Å². The third kappa shape index (κ3) is 4.21. The summed E-state index contributed by atoms with van der Waals surface area (Å²) in [6.07, 6.45) is 0. The first-order chi connectivity index (χ1) is 14.9. The molecule has 0 N–H and O–H groups in total. The van der Waals surface area contributed by atoms with Crippen molar-refractivity contribution in [3.05, 3.63) is 51.7 Å². The van der Waals surface area contributed by atoms with Crippen LogP contribution in [0.3, 0.4) is 0 Å². The fraction of sp³-hybridized carbons (Fsp3) is 0.524. The van der Waals surface area contributed by atoms with Crippen molar-refractivity contribution < 1.29 is 14.4 Å². The van der Waals surface area contributed by atoms with Gasteiger partial charge in [0.15, 0.2) is 0 Å². The molecule has 0 unspecified atom stereocenters. The smallest absolute Gasteiger partial charge is 0.271 e. The molecule has 0 bridgehead atoms. The average molecular weight is 447 g/mol. The maximum Gasteiger partial charge on any atom is 0.271 e. The number of nitro benzene ring substituents is 1. The van der Waals surface area contributed by atoms with Crippen LogP contribution in [0.25, 0.3) is 0 Å². The summed E-state index contributed by atoms with van der Waals surface area (Å²) in [6, 6.07) is 9.25. The number of hydrogen-bond donors (Lipinski definition) is 0. The van der Waals surface area contributed by atoms with E-state index in [1.165, 1.54) is 0 Å². The zero-order valence-electron chi connectivity index (χ0n) is 18.4. The molecular formula is C21H30N5O4P. The first kappa shape index (κ1) is 22.2. The van der Waals surface area contributed by atoms with Crippen molar-refractivity contribution >= 4 is 24.2 Å². The van der Waals surface area contributed by atoms with Crippen LogP contribution in [-0.4, -0.2) is 71.4 Å². The van der Waals surface area contributed by atoms with E-state index in [4.69, 9.17) is 14.2 Å². The largest absolute Gasteiger partial charge is 0.379 e. The van der Waals surface area contributed by atoms with Crippen LogP contribution in [0.4, 0.5) is 11.4 Å². The predicted molar refractivity (Wildman–Crippen MR) is 121 cm³/mol. The number of nitrogens with zero attached hydrogens (tertiary/aromatic N) is 5. The van der Waals surface area contributed by atoms with E-state index < -0.39 is 7.36 Å². The van der Waals surface area contributed by atoms with Crippen LogP contribution >= 0.6 is 7.36 Å². The number of nitro groups is 1. The van der Waals surface area contributed by atoms with Crippen LogP contribution in [-0.2, 0) is 16.5 Å². The normalized spacial score (nSPS) is 18.8. The minimum Gasteiger partial charge on any atom is -0.379 e. The van der Waals surface area contributed by atoms with Gasteiger partial charge in [0.05, 0.1) is 42.5 Å². The second-order valence-corrected chi connectivity index (χ2v) is 10.8. The molecular weight excluding hydrogens is 417 g/mol. The van der Waals surface area contributed by atoms with E-state index >= 15 is 0 Å². The molecule has 0 radical (unpaired) electrons. The number of benzene rings is 1. The first-order valence-corrected chi connectivity index (χ1v) is 12.2. The Morgan fingerprint density at radius 3 is 2.03 bits per heavy atom. The van der Waals surface area contributed by atoms with Crippen molar-refractivity contribution in [3.8, 4) is 0 Å². The molecule has 168 valence electrons. The number of ether oxygens (including phenoxy) is 2. The van der Waals surface area contributed by atoms with Gasteiger partial charge in [0, 0.05) is 51.1 Å². The van der Waals surface area contributed by atoms with Crippen molar-refractivity contribution in [1.82, 2.24) is 13.9 Å². The standard InChI is InChI=1S/C21H30N5O4P/c1-17-4-6-19(26(27)28)16-20(17)22-31(24-8-12-29-13-9-24,25-10-14-30-15-11-25)21-7-5-18(2)23(21)3/h4-7,16H,8-15H2,1-3H3. The third-order valence-electron chi connectivity index (χ3n) is 6.07. The fourth-order valence-electron chi connectivity index (χ4n) is 4.18. The van der Waals surface area contributed by atoms with Gasteiger partial charge in [-0.1, -0.05) is 6.07 Å². The van der Waals surface area contributed by atoms with E-state index in [2.05, 4.69) is 40.0 Å². The van der Waals surface area contributed by atoms with Crippen LogP contribution in [0.15, 0.2) is 35.1 Å². The molecule has 2 aromatic rings. The Morgan fingerprint density at radius 1 is 0.968 bits per heavy atom. The van der Waals surface area contributed by atoms with Crippen LogP contribution in [0.1, 0.15) is 11.3 Å². The number of non-ortho nitro benzene ring substituents is 1. The predicted octanol–water partition coefficient (Wildman–Crippen LogP) is 3.20. The summed E-state index contributed by atoms with van der Waals surface area (Å²) in [6.45, 7) is 9.75. The molecule has 9 nitrogen and oxygen atoms in total. The highest BCUT2D eigenvalue weighted by Crippen LogP contribution is 2.58. The monoisotopic (exact) mass is 447 g/mol. The second kappa shape index (κ2) is 9.22. The number of morpholine rings is 2. The highest BCUT2D eigenvalue weighted by molar-refractivity contribution is 7.69. The fourth-order valence-corrected chi connectivity index (χ4v) is 8.27. The third-order valence-corrected chi connectivity index (χ3v) is 10.0. The molecule has 0 saturated carbocycles. The van der Waals surface area contributed by atoms with E-state index in [-0.39, 0.29) is 10.6 Å². The van der Waals surface area contributed by atoms with Crippen molar-refractivity contribution in [2.24, 2.45) is 11.8 Å². The van der Waals surface area contributed by atoms with Gasteiger partial charge in [-0.15, -0.1) is 0 Å². The lowest BCUT2D eigenvalue weighted by Gasteiger charge is -2.46. The van der Waals surface area contributed by atoms with E-state index in [1.54, 1.807) is 18.2 Å². The maximum atomic E-state index is 11.5. The summed E-state index contributed by atoms with van der Waals surface area (Å²) in [5, 5.41) is 11.5. The Bertz CT molecular complexity index is 987. The van der Waals surface area contributed by atoms with E-state index in [9.17, 15) is 10.1 Å². The number of hydrogen-bond acceptors (Lipinski definition) is 5. The molecule has 0 spiro atoms. The summed E-state index contributed by atoms with van der Waals surface area (Å²) >= 11 is 0. The Hall–Kier alpha value is -2.03. The number of aryl methyl sites for hydroxylation is 2. The Morgan fingerprint density at radius 2 is 1.55 bits per heavy atom. The van der Waals surface area contributed by atoms with Gasteiger partial charge in [0.25, 0.3) is 5.69 Å². The quantitative estimate of drug-likeness (QED) is 0.398. The minimum atomic E-state index is -2.44. The summed E-state index contributed by atoms with van der Waals surface area (Å²) in [5.74, 6) is 0. The summed E-state index contributed by atoms with van der Waals surface area (Å²) < 4.78 is 23.9. The van der Waals surface area contributed by atoms with E-state index in [1.807, 2.05) is 6.92 Å². The van der Waals surface area contributed by atoms with Crippen LogP contribution in [0.2, 0.25) is 0 Å². The Kier molecular flexibility index (Phi) is 6.60. The topological polar surface area (TPSA) is 85.4 Å². The van der Waals surface area contributed by atoms with Gasteiger partial charge in [-0.05, 0) is 31.5 Å². The SMILES string of the molecule is Cc1ccc([N+](=O)[O-])cc1N=P(c1ccc(C)n1C)(N1CCOCC1)N1CCOCC1. The van der Waals surface area contributed by atoms with Crippen molar-refractivity contribution in [1.29, 1.82) is 0 Å². The molecule has 2 aliphatic heterocycles. The Labute approximate surface area is 182 Å². The van der Waals surface area contributed by atoms with Gasteiger partial charge >= 0.3 is 0 Å². The highest BCUT2D eigenvalue weighted by Gasteiger charge is 2.40. The minimum absolute atomic E-state index is 0.0643. The molecule has 0 amide bonds. The van der Waals surface area contributed by atoms with Gasteiger partial charge in [0.2, 0.25) is 0 Å². The molecule has 3 heterocycles. The number of rotatable bonds is 5. The molecule has 2 saturated heterocycles. The van der Waals surface area contributed by atoms with Gasteiger partial charge in [-0.25, -0.2) is 14.1 Å². The van der Waals surface area contributed by atoms with Crippen LogP contribution in [0.5, 0.6) is 0 Å². The average Bonchev–Trinajstić information content (AvgIpc) is 3.13. The second-order valence-electron chi connectivity index (χ2n) is 7.92. The number of aromatic nitrogens is 1. The first-order valence-electron chi connectivity index (χ1n) is 10.6. The summed E-state index contributed by atoms with van der Waals surface area (Å²) in [7, 11) is -0.364. The summed E-state index contributed by atoms with van der Waals surface area (Å²) in [4.78, 5) is 11.1. The maximum absolute atomic E-state index is 11.5.